The Kier molecular flexibility index (Phi) is 11.3. The fourth-order valence-corrected chi connectivity index (χ4v) is 8.21. The highest BCUT2D eigenvalue weighted by atomic mass is 16.5. The summed E-state index contributed by atoms with van der Waals surface area (Å²) < 4.78 is 13.3. The Morgan fingerprint density at radius 2 is 1.79 bits per heavy atom. The first-order chi connectivity index (χ1) is 30.2. The van der Waals surface area contributed by atoms with Crippen LogP contribution in [0.2, 0.25) is 0 Å². The van der Waals surface area contributed by atoms with E-state index in [9.17, 15) is 28.8 Å². The number of hydrogen-bond acceptors (Lipinski definition) is 11. The SMILES string of the molecule is O=C(CN[C@H]1CCCN(C(=O)c2ccc(-c3ccc4ncc(-c5cc6ccccc6o5)n4n3)cc2)C1)NCCOCC(=O)Nc1cccc2c1CN(C1CCC(=O)NC1=O)C2=O. The van der Waals surface area contributed by atoms with Gasteiger partial charge < -0.3 is 34.9 Å². The minimum absolute atomic E-state index is 0.0574. The number of imide groups is 1. The van der Waals surface area contributed by atoms with E-state index in [0.717, 1.165) is 40.8 Å². The minimum Gasteiger partial charge on any atom is -0.454 e. The molecule has 6 amide bonds. The van der Waals surface area contributed by atoms with Crippen LogP contribution in [0.5, 0.6) is 0 Å². The van der Waals surface area contributed by atoms with E-state index in [2.05, 4.69) is 26.3 Å². The molecular formula is C45H43N9O8. The van der Waals surface area contributed by atoms with E-state index < -0.39 is 17.9 Å². The number of amides is 6. The number of carbonyl (C=O) groups excluding carboxylic acids is 6. The molecule has 0 radical (unpaired) electrons. The van der Waals surface area contributed by atoms with Crippen LogP contribution in [-0.2, 0) is 30.5 Å². The van der Waals surface area contributed by atoms with Gasteiger partial charge in [0.15, 0.2) is 11.4 Å². The number of piperidine rings is 2. The summed E-state index contributed by atoms with van der Waals surface area (Å²) in [6, 6.07) is 25.1. The van der Waals surface area contributed by atoms with Crippen LogP contribution in [0, 0.1) is 0 Å². The van der Waals surface area contributed by atoms with Crippen LogP contribution in [0.1, 0.15) is 52.0 Å². The smallest absolute Gasteiger partial charge is 0.255 e. The molecule has 0 bridgehead atoms. The van der Waals surface area contributed by atoms with Crippen molar-refractivity contribution in [3.05, 3.63) is 108 Å². The molecule has 17 heteroatoms. The Balaban J connectivity index is 0.703. The average molecular weight is 838 g/mol. The lowest BCUT2D eigenvalue weighted by Crippen LogP contribution is -2.52. The number of rotatable bonds is 13. The summed E-state index contributed by atoms with van der Waals surface area (Å²) in [5, 5.41) is 16.9. The van der Waals surface area contributed by atoms with Crippen molar-refractivity contribution in [2.24, 2.45) is 0 Å². The highest BCUT2D eigenvalue weighted by molar-refractivity contribution is 6.07. The van der Waals surface area contributed by atoms with Crippen molar-refractivity contribution in [1.82, 2.24) is 40.3 Å². The molecule has 1 unspecified atom stereocenters. The van der Waals surface area contributed by atoms with Crippen molar-refractivity contribution in [2.75, 3.05) is 44.7 Å². The molecule has 0 spiro atoms. The standard InChI is InChI=1S/C45H43N9O8/c55-40-17-15-35(43(58)50-40)53-25-32-31(45(53)60)7-3-8-34(32)49-42(57)26-61-20-18-46-41(56)23-47-30-6-4-19-52(24-30)44(59)28-12-10-27(11-13-28)33-14-16-39-48-22-36(54(39)51-33)38-21-29-5-1-2-9-37(29)62-38/h1-3,5,7-14,16,21-22,30,35,47H,4,6,15,17-20,23-26H2,(H,46,56)(H,49,57)(H,50,55,58)/t30-,35?/m0/s1. The third-order valence-corrected chi connectivity index (χ3v) is 11.4. The number of para-hydroxylation sites is 1. The van der Waals surface area contributed by atoms with Crippen molar-refractivity contribution in [3.8, 4) is 22.7 Å². The fraction of sp³-hybridized carbons (Fsp3) is 0.289. The molecule has 3 aliphatic rings. The predicted octanol–water partition coefficient (Wildman–Crippen LogP) is 3.54. The van der Waals surface area contributed by atoms with Crippen LogP contribution in [0.15, 0.2) is 95.5 Å². The second-order valence-electron chi connectivity index (χ2n) is 15.5. The summed E-state index contributed by atoms with van der Waals surface area (Å²) >= 11 is 0. The Labute approximate surface area is 354 Å². The number of nitrogens with one attached hydrogen (secondary N) is 4. The maximum absolute atomic E-state index is 13.6. The zero-order valence-corrected chi connectivity index (χ0v) is 33.6. The van der Waals surface area contributed by atoms with Crippen LogP contribution in [0.25, 0.3) is 39.3 Å². The topological polar surface area (TPSA) is 210 Å². The number of aromatic nitrogens is 3. The first kappa shape index (κ1) is 40.2. The highest BCUT2D eigenvalue weighted by Crippen LogP contribution is 2.33. The van der Waals surface area contributed by atoms with Gasteiger partial charge in [-0.1, -0.05) is 36.4 Å². The molecule has 4 N–H and O–H groups in total. The number of anilines is 1. The molecule has 2 saturated heterocycles. The van der Waals surface area contributed by atoms with Crippen LogP contribution >= 0.6 is 0 Å². The van der Waals surface area contributed by atoms with Gasteiger partial charge in [-0.15, -0.1) is 0 Å². The number of furan rings is 1. The van der Waals surface area contributed by atoms with Gasteiger partial charge in [-0.25, -0.2) is 9.50 Å². The molecule has 6 aromatic rings. The molecule has 17 nitrogen and oxygen atoms in total. The molecule has 0 saturated carbocycles. The van der Waals surface area contributed by atoms with E-state index in [1.807, 2.05) is 66.7 Å². The molecule has 2 fully saturated rings. The molecule has 3 aromatic carbocycles. The molecule has 2 atom stereocenters. The number of hydrogen-bond donors (Lipinski definition) is 4. The molecule has 3 aromatic heterocycles. The minimum atomic E-state index is -0.761. The zero-order valence-electron chi connectivity index (χ0n) is 33.6. The quantitative estimate of drug-likeness (QED) is 0.0977. The van der Waals surface area contributed by atoms with Gasteiger partial charge in [0.2, 0.25) is 23.6 Å². The van der Waals surface area contributed by atoms with Crippen molar-refractivity contribution in [2.45, 2.75) is 44.3 Å². The van der Waals surface area contributed by atoms with Gasteiger partial charge in [0.1, 0.15) is 23.9 Å². The zero-order chi connectivity index (χ0) is 42.7. The van der Waals surface area contributed by atoms with Gasteiger partial charge in [-0.2, -0.15) is 5.10 Å². The molecule has 3 aliphatic heterocycles. The Morgan fingerprint density at radius 3 is 2.63 bits per heavy atom. The highest BCUT2D eigenvalue weighted by Gasteiger charge is 2.40. The summed E-state index contributed by atoms with van der Waals surface area (Å²) in [6.45, 7) is 1.26. The van der Waals surface area contributed by atoms with Crippen LogP contribution in [0.4, 0.5) is 5.69 Å². The summed E-state index contributed by atoms with van der Waals surface area (Å²) in [5.41, 5.74) is 5.75. The van der Waals surface area contributed by atoms with Crippen molar-refractivity contribution >= 4 is 57.7 Å². The third-order valence-electron chi connectivity index (χ3n) is 11.4. The summed E-state index contributed by atoms with van der Waals surface area (Å²) in [5.74, 6) is -1.31. The lowest BCUT2D eigenvalue weighted by molar-refractivity contribution is -0.137. The Morgan fingerprint density at radius 1 is 0.935 bits per heavy atom. The maximum Gasteiger partial charge on any atom is 0.255 e. The largest absolute Gasteiger partial charge is 0.454 e. The number of likely N-dealkylation sites (tertiary alicyclic amines) is 1. The second-order valence-corrected chi connectivity index (χ2v) is 15.5. The number of carbonyl (C=O) groups is 6. The van der Waals surface area contributed by atoms with E-state index in [4.69, 9.17) is 14.3 Å². The van der Waals surface area contributed by atoms with E-state index >= 15 is 0 Å². The number of imidazole rings is 1. The lowest BCUT2D eigenvalue weighted by atomic mass is 10.0. The lowest BCUT2D eigenvalue weighted by Gasteiger charge is -2.33. The molecule has 316 valence electrons. The Bertz CT molecular complexity index is 2690. The van der Waals surface area contributed by atoms with Crippen LogP contribution in [0.3, 0.4) is 0 Å². The normalized spacial score (nSPS) is 17.6. The fourth-order valence-electron chi connectivity index (χ4n) is 8.21. The average Bonchev–Trinajstić information content (AvgIpc) is 4.01. The molecule has 6 heterocycles. The molecule has 0 aliphatic carbocycles. The Hall–Kier alpha value is -7.24. The predicted molar refractivity (Wildman–Crippen MR) is 226 cm³/mol. The van der Waals surface area contributed by atoms with Gasteiger partial charge >= 0.3 is 0 Å². The number of nitrogens with zero attached hydrogens (tertiary/aromatic N) is 5. The second kappa shape index (κ2) is 17.4. The van der Waals surface area contributed by atoms with E-state index in [-0.39, 0.29) is 75.4 Å². The summed E-state index contributed by atoms with van der Waals surface area (Å²) in [7, 11) is 0. The van der Waals surface area contributed by atoms with Crippen molar-refractivity contribution < 1.29 is 37.9 Å². The summed E-state index contributed by atoms with van der Waals surface area (Å²) in [4.78, 5) is 83.7. The summed E-state index contributed by atoms with van der Waals surface area (Å²) in [6.07, 6.45) is 3.74. The first-order valence-electron chi connectivity index (χ1n) is 20.6. The first-order valence-corrected chi connectivity index (χ1v) is 20.6. The molecular weight excluding hydrogens is 795 g/mol. The van der Waals surface area contributed by atoms with Crippen molar-refractivity contribution in [1.29, 1.82) is 0 Å². The van der Waals surface area contributed by atoms with Crippen molar-refractivity contribution in [3.63, 3.8) is 0 Å². The van der Waals surface area contributed by atoms with E-state index in [1.54, 1.807) is 33.8 Å². The third kappa shape index (κ3) is 8.39. The van der Waals surface area contributed by atoms with E-state index in [1.165, 1.54) is 4.90 Å². The number of ether oxygens (including phenoxy) is 1. The maximum atomic E-state index is 13.6. The van der Waals surface area contributed by atoms with Crippen LogP contribution < -0.4 is 21.3 Å². The molecule has 9 rings (SSSR count). The van der Waals surface area contributed by atoms with Gasteiger partial charge in [0, 0.05) is 72.0 Å². The van der Waals surface area contributed by atoms with Crippen LogP contribution in [-0.4, -0.2) is 111 Å². The number of fused-ring (bicyclic) bond motifs is 3. The van der Waals surface area contributed by atoms with Gasteiger partial charge in [-0.3, -0.25) is 34.1 Å². The monoisotopic (exact) mass is 837 g/mol. The molecule has 62 heavy (non-hydrogen) atoms. The van der Waals surface area contributed by atoms with Gasteiger partial charge in [0.25, 0.3) is 11.8 Å². The number of benzene rings is 3. The van der Waals surface area contributed by atoms with Gasteiger partial charge in [0.05, 0.1) is 25.0 Å². The van der Waals surface area contributed by atoms with Gasteiger partial charge in [-0.05, 0) is 67.8 Å². The van der Waals surface area contributed by atoms with E-state index in [0.29, 0.717) is 46.9 Å².